The highest BCUT2D eigenvalue weighted by molar-refractivity contribution is 5.44. The fourth-order valence-electron chi connectivity index (χ4n) is 4.95. The smallest absolute Gasteiger partial charge is 0.119 e. The number of aromatic nitrogens is 1. The molecule has 0 spiro atoms. The van der Waals surface area contributed by atoms with Crippen molar-refractivity contribution in [2.45, 2.75) is 62.8 Å². The van der Waals surface area contributed by atoms with Gasteiger partial charge < -0.3 is 14.8 Å². The number of fused-ring (bicyclic) bond motifs is 4. The van der Waals surface area contributed by atoms with Crippen LogP contribution in [0.3, 0.4) is 0 Å². The van der Waals surface area contributed by atoms with Gasteiger partial charge >= 0.3 is 0 Å². The molecular weight excluding hydrogens is 324 g/mol. The normalized spacial score (nSPS) is 29.6. The van der Waals surface area contributed by atoms with Crippen molar-refractivity contribution >= 4 is 0 Å². The van der Waals surface area contributed by atoms with Crippen molar-refractivity contribution in [1.82, 2.24) is 10.3 Å². The maximum atomic E-state index is 6.81. The molecule has 2 fully saturated rings. The van der Waals surface area contributed by atoms with Crippen molar-refractivity contribution in [2.24, 2.45) is 0 Å². The largest absolute Gasteiger partial charge is 0.497 e. The monoisotopic (exact) mass is 350 g/mol. The number of benzene rings is 1. The van der Waals surface area contributed by atoms with Crippen LogP contribution >= 0.6 is 0 Å². The lowest BCUT2D eigenvalue weighted by Crippen LogP contribution is -2.41. The summed E-state index contributed by atoms with van der Waals surface area (Å²) >= 11 is 0. The lowest BCUT2D eigenvalue weighted by Gasteiger charge is -2.33. The number of pyridine rings is 1. The van der Waals surface area contributed by atoms with Crippen LogP contribution in [0.25, 0.3) is 0 Å². The third kappa shape index (κ3) is 2.91. The van der Waals surface area contributed by atoms with Crippen LogP contribution in [-0.4, -0.2) is 30.3 Å². The molecule has 1 aromatic heterocycles. The second-order valence-electron chi connectivity index (χ2n) is 7.85. The van der Waals surface area contributed by atoms with Gasteiger partial charge in [-0.1, -0.05) is 12.1 Å². The Kier molecular flexibility index (Phi) is 4.18. The molecule has 1 aromatic carbocycles. The first-order valence-electron chi connectivity index (χ1n) is 9.82. The third-order valence-electron chi connectivity index (χ3n) is 6.23. The van der Waals surface area contributed by atoms with Crippen molar-refractivity contribution in [3.8, 4) is 5.75 Å². The average molecular weight is 350 g/mol. The minimum Gasteiger partial charge on any atom is -0.497 e. The highest BCUT2D eigenvalue weighted by atomic mass is 16.5. The standard InChI is InChI=1S/C22H26N2O2/c1-25-17-8-4-14-5-9-21-19(3-2-10-23-21)22(20(14)13-17)26-18-11-15-6-7-16(12-18)24-15/h2-4,8,10,13,15-16,18,22,24H,5-7,9,11-12H2,1H3. The van der Waals surface area contributed by atoms with Crippen LogP contribution in [0.2, 0.25) is 0 Å². The van der Waals surface area contributed by atoms with Crippen molar-refractivity contribution < 1.29 is 9.47 Å². The quantitative estimate of drug-likeness (QED) is 0.919. The molecule has 5 rings (SSSR count). The first-order valence-corrected chi connectivity index (χ1v) is 9.82. The highest BCUT2D eigenvalue weighted by Crippen LogP contribution is 2.39. The highest BCUT2D eigenvalue weighted by Gasteiger charge is 2.36. The molecule has 0 saturated carbocycles. The molecule has 0 amide bonds. The Morgan fingerprint density at radius 2 is 1.88 bits per heavy atom. The molecular formula is C22H26N2O2. The number of rotatable bonds is 3. The van der Waals surface area contributed by atoms with Gasteiger partial charge in [0.2, 0.25) is 0 Å². The Labute approximate surface area is 154 Å². The molecule has 2 bridgehead atoms. The zero-order valence-corrected chi connectivity index (χ0v) is 15.3. The minimum absolute atomic E-state index is 0.0474. The molecule has 1 N–H and O–H groups in total. The van der Waals surface area contributed by atoms with Gasteiger partial charge in [0.25, 0.3) is 0 Å². The molecule has 4 nitrogen and oxygen atoms in total. The van der Waals surface area contributed by atoms with Crippen LogP contribution in [0.4, 0.5) is 0 Å². The first kappa shape index (κ1) is 16.3. The zero-order chi connectivity index (χ0) is 17.5. The van der Waals surface area contributed by atoms with Crippen LogP contribution in [0.15, 0.2) is 36.5 Å². The van der Waals surface area contributed by atoms with E-state index in [1.54, 1.807) is 7.11 Å². The summed E-state index contributed by atoms with van der Waals surface area (Å²) in [6.45, 7) is 0. The molecule has 26 heavy (non-hydrogen) atoms. The van der Waals surface area contributed by atoms with Crippen LogP contribution in [0, 0.1) is 0 Å². The predicted molar refractivity (Wildman–Crippen MR) is 101 cm³/mol. The van der Waals surface area contributed by atoms with Crippen molar-refractivity contribution in [3.63, 3.8) is 0 Å². The Hall–Kier alpha value is -1.91. The maximum Gasteiger partial charge on any atom is 0.119 e. The van der Waals surface area contributed by atoms with Crippen LogP contribution in [-0.2, 0) is 17.6 Å². The van der Waals surface area contributed by atoms with Gasteiger partial charge in [-0.05, 0) is 67.9 Å². The fourth-order valence-corrected chi connectivity index (χ4v) is 4.95. The van der Waals surface area contributed by atoms with Crippen LogP contribution in [0.5, 0.6) is 5.75 Å². The van der Waals surface area contributed by atoms with E-state index in [0.29, 0.717) is 18.2 Å². The predicted octanol–water partition coefficient (Wildman–Crippen LogP) is 3.58. The fraction of sp³-hybridized carbons (Fsp3) is 0.500. The van der Waals surface area contributed by atoms with E-state index in [1.165, 1.54) is 35.2 Å². The second kappa shape index (κ2) is 6.67. The Morgan fingerprint density at radius 1 is 1.04 bits per heavy atom. The maximum absolute atomic E-state index is 6.81. The van der Waals surface area contributed by atoms with Crippen LogP contribution in [0.1, 0.15) is 54.2 Å². The van der Waals surface area contributed by atoms with Gasteiger partial charge in [-0.25, -0.2) is 0 Å². The van der Waals surface area contributed by atoms with E-state index in [1.807, 2.05) is 12.3 Å². The Morgan fingerprint density at radius 3 is 2.69 bits per heavy atom. The number of hydrogen-bond acceptors (Lipinski definition) is 4. The minimum atomic E-state index is -0.0474. The SMILES string of the molecule is COc1ccc2c(c1)C(OC1CC3CCC(C1)N3)c1cccnc1CC2. The van der Waals surface area contributed by atoms with E-state index in [9.17, 15) is 0 Å². The summed E-state index contributed by atoms with van der Waals surface area (Å²) in [5.74, 6) is 0.898. The van der Waals surface area contributed by atoms with Gasteiger partial charge in [-0.3, -0.25) is 4.98 Å². The lowest BCUT2D eigenvalue weighted by atomic mass is 9.96. The summed E-state index contributed by atoms with van der Waals surface area (Å²) in [4.78, 5) is 4.67. The van der Waals surface area contributed by atoms with Crippen molar-refractivity contribution in [2.75, 3.05) is 7.11 Å². The topological polar surface area (TPSA) is 43.4 Å². The zero-order valence-electron chi connectivity index (χ0n) is 15.3. The van der Waals surface area contributed by atoms with E-state index in [4.69, 9.17) is 9.47 Å². The number of nitrogens with zero attached hydrogens (tertiary/aromatic N) is 1. The first-order chi connectivity index (χ1) is 12.8. The molecule has 0 radical (unpaired) electrons. The van der Waals surface area contributed by atoms with Gasteiger partial charge in [0.05, 0.1) is 13.2 Å². The summed E-state index contributed by atoms with van der Waals surface area (Å²) < 4.78 is 12.3. The molecule has 3 unspecified atom stereocenters. The molecule has 3 heterocycles. The summed E-state index contributed by atoms with van der Waals surface area (Å²) in [6.07, 6.45) is 8.93. The van der Waals surface area contributed by atoms with Crippen molar-refractivity contribution in [3.05, 3.63) is 58.9 Å². The van der Waals surface area contributed by atoms with Gasteiger partial charge in [0, 0.05) is 29.5 Å². The molecule has 2 aromatic rings. The molecule has 2 saturated heterocycles. The summed E-state index contributed by atoms with van der Waals surface area (Å²) in [5.41, 5.74) is 5.00. The van der Waals surface area contributed by atoms with Crippen LogP contribution < -0.4 is 10.1 Å². The van der Waals surface area contributed by atoms with Gasteiger partial charge in [-0.2, -0.15) is 0 Å². The van der Waals surface area contributed by atoms with E-state index in [2.05, 4.69) is 34.6 Å². The number of piperidine rings is 1. The number of ether oxygens (including phenoxy) is 2. The van der Waals surface area contributed by atoms with E-state index in [-0.39, 0.29) is 6.10 Å². The van der Waals surface area contributed by atoms with E-state index in [0.717, 1.165) is 31.4 Å². The Bertz CT molecular complexity index is 794. The number of nitrogens with one attached hydrogen (secondary N) is 1. The van der Waals surface area contributed by atoms with Gasteiger partial charge in [-0.15, -0.1) is 0 Å². The molecule has 136 valence electrons. The third-order valence-corrected chi connectivity index (χ3v) is 6.23. The molecule has 3 atom stereocenters. The molecule has 2 aliphatic heterocycles. The Balaban J connectivity index is 1.53. The molecule has 1 aliphatic carbocycles. The van der Waals surface area contributed by atoms with Crippen molar-refractivity contribution in [1.29, 1.82) is 0 Å². The average Bonchev–Trinajstić information content (AvgIpc) is 2.94. The lowest BCUT2D eigenvalue weighted by molar-refractivity contribution is -0.0186. The van der Waals surface area contributed by atoms with Gasteiger partial charge in [0.1, 0.15) is 11.9 Å². The molecule has 4 heteroatoms. The van der Waals surface area contributed by atoms with E-state index < -0.39 is 0 Å². The van der Waals surface area contributed by atoms with Gasteiger partial charge in [0.15, 0.2) is 0 Å². The second-order valence-corrected chi connectivity index (χ2v) is 7.85. The number of aryl methyl sites for hydroxylation is 2. The summed E-state index contributed by atoms with van der Waals surface area (Å²) in [6, 6.07) is 11.9. The summed E-state index contributed by atoms with van der Waals surface area (Å²) in [5, 5.41) is 3.71. The number of hydrogen-bond donors (Lipinski definition) is 1. The number of methoxy groups -OCH3 is 1. The molecule has 3 aliphatic rings. The van der Waals surface area contributed by atoms with E-state index >= 15 is 0 Å². The summed E-state index contributed by atoms with van der Waals surface area (Å²) in [7, 11) is 1.73.